The number of aromatic nitrogens is 5. The van der Waals surface area contributed by atoms with E-state index in [2.05, 4.69) is 39.4 Å². The Kier molecular flexibility index (Phi) is 4.03. The molecule has 0 aliphatic rings. The van der Waals surface area contributed by atoms with Crippen molar-refractivity contribution in [2.24, 2.45) is 5.92 Å². The van der Waals surface area contributed by atoms with Gasteiger partial charge in [0.15, 0.2) is 0 Å². The van der Waals surface area contributed by atoms with Crippen LogP contribution in [0.25, 0.3) is 5.13 Å². The molecule has 2 rings (SSSR count). The molecule has 2 aromatic heterocycles. The van der Waals surface area contributed by atoms with Crippen molar-refractivity contribution in [2.45, 2.75) is 34.2 Å². The summed E-state index contributed by atoms with van der Waals surface area (Å²) in [6.45, 7) is 9.88. The Balaban J connectivity index is 2.04. The van der Waals surface area contributed by atoms with Crippen LogP contribution in [-0.4, -0.2) is 31.5 Å². The lowest BCUT2D eigenvalue weighted by Gasteiger charge is -2.03. The van der Waals surface area contributed by atoms with Crippen molar-refractivity contribution in [1.82, 2.24) is 30.3 Å². The molecule has 0 aliphatic heterocycles. The summed E-state index contributed by atoms with van der Waals surface area (Å²) in [5.74, 6) is 2.23. The molecule has 0 aliphatic carbocycles. The quantitative estimate of drug-likeness (QED) is 0.887. The zero-order valence-corrected chi connectivity index (χ0v) is 12.0. The van der Waals surface area contributed by atoms with Gasteiger partial charge >= 0.3 is 0 Å². The fourth-order valence-corrected chi connectivity index (χ4v) is 2.38. The van der Waals surface area contributed by atoms with E-state index in [9.17, 15) is 0 Å². The van der Waals surface area contributed by atoms with Gasteiger partial charge in [0.1, 0.15) is 16.7 Å². The lowest BCUT2D eigenvalue weighted by Crippen LogP contribution is -2.18. The van der Waals surface area contributed by atoms with Crippen LogP contribution in [0, 0.1) is 19.8 Å². The van der Waals surface area contributed by atoms with Crippen molar-refractivity contribution in [1.29, 1.82) is 0 Å². The molecule has 0 saturated heterocycles. The number of hydrogen-bond donors (Lipinski definition) is 1. The van der Waals surface area contributed by atoms with Gasteiger partial charge in [-0.05, 0) is 26.3 Å². The van der Waals surface area contributed by atoms with Crippen LogP contribution in [0.3, 0.4) is 0 Å². The van der Waals surface area contributed by atoms with Crippen LogP contribution in [0.15, 0.2) is 0 Å². The molecule has 0 aromatic carbocycles. The topological polar surface area (TPSA) is 68.5 Å². The molecule has 0 bridgehead atoms. The molecule has 0 unspecified atom stereocenters. The lowest BCUT2D eigenvalue weighted by molar-refractivity contribution is 0.550. The van der Waals surface area contributed by atoms with Gasteiger partial charge in [0, 0.05) is 6.54 Å². The molecule has 0 radical (unpaired) electrons. The minimum absolute atomic E-state index is 0.637. The molecule has 6 nitrogen and oxygen atoms in total. The lowest BCUT2D eigenvalue weighted by atomic mass is 10.2. The van der Waals surface area contributed by atoms with Crippen LogP contribution in [0.4, 0.5) is 0 Å². The molecule has 98 valence electrons. The fraction of sp³-hybridized carbons (Fsp3) is 0.636. The second kappa shape index (κ2) is 5.53. The summed E-state index contributed by atoms with van der Waals surface area (Å²) < 4.78 is 1.74. The Morgan fingerprint density at radius 1 is 1.28 bits per heavy atom. The Morgan fingerprint density at radius 3 is 2.67 bits per heavy atom. The Hall–Kier alpha value is -1.34. The summed E-state index contributed by atoms with van der Waals surface area (Å²) in [6.07, 6.45) is 0. The Bertz CT molecular complexity index is 515. The Labute approximate surface area is 110 Å². The van der Waals surface area contributed by atoms with Crippen LogP contribution in [-0.2, 0) is 6.54 Å². The van der Waals surface area contributed by atoms with E-state index in [0.717, 1.165) is 34.9 Å². The highest BCUT2D eigenvalue weighted by molar-refractivity contribution is 7.13. The number of aryl methyl sites for hydroxylation is 2. The van der Waals surface area contributed by atoms with Gasteiger partial charge < -0.3 is 5.32 Å². The average molecular weight is 266 g/mol. The van der Waals surface area contributed by atoms with Crippen LogP contribution < -0.4 is 5.32 Å². The monoisotopic (exact) mass is 266 g/mol. The van der Waals surface area contributed by atoms with Crippen LogP contribution in [0.2, 0.25) is 0 Å². The summed E-state index contributed by atoms with van der Waals surface area (Å²) >= 11 is 1.54. The molecule has 0 saturated carbocycles. The fourth-order valence-electron chi connectivity index (χ4n) is 1.57. The van der Waals surface area contributed by atoms with E-state index >= 15 is 0 Å². The Morgan fingerprint density at radius 2 is 2.06 bits per heavy atom. The largest absolute Gasteiger partial charge is 0.310 e. The van der Waals surface area contributed by atoms with Crippen molar-refractivity contribution in [3.05, 3.63) is 16.7 Å². The SMILES string of the molecule is Cc1nc(C)n(-c2nnc(CNCC(C)C)s2)n1. The zero-order valence-electron chi connectivity index (χ0n) is 11.1. The zero-order chi connectivity index (χ0) is 13.1. The van der Waals surface area contributed by atoms with Crippen molar-refractivity contribution >= 4 is 11.3 Å². The normalized spacial score (nSPS) is 11.4. The van der Waals surface area contributed by atoms with Crippen LogP contribution in [0.5, 0.6) is 0 Å². The second-order valence-electron chi connectivity index (χ2n) is 4.62. The molecule has 0 fully saturated rings. The smallest absolute Gasteiger partial charge is 0.234 e. The summed E-state index contributed by atoms with van der Waals surface area (Å²) in [4.78, 5) is 4.26. The highest BCUT2D eigenvalue weighted by atomic mass is 32.1. The van der Waals surface area contributed by atoms with E-state index in [-0.39, 0.29) is 0 Å². The third-order valence-electron chi connectivity index (χ3n) is 2.34. The molecular formula is C11H18N6S. The highest BCUT2D eigenvalue weighted by Gasteiger charge is 2.10. The van der Waals surface area contributed by atoms with Gasteiger partial charge in [0.25, 0.3) is 0 Å². The summed E-state index contributed by atoms with van der Waals surface area (Å²) in [6, 6.07) is 0. The maximum absolute atomic E-state index is 4.30. The van der Waals surface area contributed by atoms with Gasteiger partial charge in [-0.2, -0.15) is 4.68 Å². The minimum atomic E-state index is 0.637. The van der Waals surface area contributed by atoms with E-state index < -0.39 is 0 Å². The third-order valence-corrected chi connectivity index (χ3v) is 3.24. The molecule has 1 N–H and O–H groups in total. The maximum Gasteiger partial charge on any atom is 0.234 e. The van der Waals surface area contributed by atoms with Crippen molar-refractivity contribution in [3.63, 3.8) is 0 Å². The summed E-state index contributed by atoms with van der Waals surface area (Å²) in [7, 11) is 0. The van der Waals surface area contributed by atoms with Crippen LogP contribution >= 0.6 is 11.3 Å². The molecule has 2 aromatic rings. The maximum atomic E-state index is 4.30. The first-order valence-corrected chi connectivity index (χ1v) is 6.81. The number of hydrogen-bond acceptors (Lipinski definition) is 6. The van der Waals surface area contributed by atoms with Crippen molar-refractivity contribution < 1.29 is 0 Å². The predicted octanol–water partition coefficient (Wildman–Crippen LogP) is 1.48. The molecule has 7 heteroatoms. The van der Waals surface area contributed by atoms with Gasteiger partial charge in [-0.1, -0.05) is 25.2 Å². The van der Waals surface area contributed by atoms with E-state index in [4.69, 9.17) is 0 Å². The molecule has 18 heavy (non-hydrogen) atoms. The minimum Gasteiger partial charge on any atom is -0.310 e. The molecule has 0 spiro atoms. The average Bonchev–Trinajstić information content (AvgIpc) is 2.85. The third kappa shape index (κ3) is 3.11. The van der Waals surface area contributed by atoms with Crippen molar-refractivity contribution in [3.8, 4) is 5.13 Å². The van der Waals surface area contributed by atoms with E-state index in [0.29, 0.717) is 5.92 Å². The highest BCUT2D eigenvalue weighted by Crippen LogP contribution is 2.15. The van der Waals surface area contributed by atoms with Gasteiger partial charge in [-0.3, -0.25) is 0 Å². The van der Waals surface area contributed by atoms with E-state index in [1.165, 1.54) is 0 Å². The number of rotatable bonds is 5. The number of nitrogens with one attached hydrogen (secondary N) is 1. The van der Waals surface area contributed by atoms with Crippen molar-refractivity contribution in [2.75, 3.05) is 6.54 Å². The molecule has 0 amide bonds. The number of nitrogens with zero attached hydrogens (tertiary/aromatic N) is 5. The standard InChI is InChI=1S/C11H18N6S/c1-7(2)5-12-6-10-14-15-11(18-10)17-9(4)13-8(3)16-17/h7,12H,5-6H2,1-4H3. The van der Waals surface area contributed by atoms with Gasteiger partial charge in [0.05, 0.1) is 0 Å². The predicted molar refractivity (Wildman–Crippen MR) is 70.8 cm³/mol. The molecular weight excluding hydrogens is 248 g/mol. The first-order chi connectivity index (χ1) is 8.56. The molecule has 2 heterocycles. The molecule has 0 atom stereocenters. The second-order valence-corrected chi connectivity index (χ2v) is 5.66. The summed E-state index contributed by atoms with van der Waals surface area (Å²) in [5.41, 5.74) is 0. The van der Waals surface area contributed by atoms with Crippen LogP contribution in [0.1, 0.15) is 30.5 Å². The van der Waals surface area contributed by atoms with Gasteiger partial charge in [0.2, 0.25) is 5.13 Å². The van der Waals surface area contributed by atoms with Gasteiger partial charge in [-0.15, -0.1) is 15.3 Å². The van der Waals surface area contributed by atoms with E-state index in [1.807, 2.05) is 13.8 Å². The van der Waals surface area contributed by atoms with E-state index in [1.54, 1.807) is 16.0 Å². The summed E-state index contributed by atoms with van der Waals surface area (Å²) in [5, 5.41) is 17.7. The first-order valence-electron chi connectivity index (χ1n) is 6.00. The van der Waals surface area contributed by atoms with Gasteiger partial charge in [-0.25, -0.2) is 4.98 Å². The first kappa shape index (κ1) is 13.1.